The predicted molar refractivity (Wildman–Crippen MR) is 159 cm³/mol. The molecule has 0 amide bonds. The van der Waals surface area contributed by atoms with Gasteiger partial charge in [0.2, 0.25) is 5.70 Å². The van der Waals surface area contributed by atoms with Crippen molar-refractivity contribution in [3.63, 3.8) is 0 Å². The van der Waals surface area contributed by atoms with E-state index in [1.165, 1.54) is 5.57 Å². The van der Waals surface area contributed by atoms with Gasteiger partial charge in [-0.15, -0.1) is 0 Å². The van der Waals surface area contributed by atoms with E-state index in [9.17, 15) is 14.4 Å². The van der Waals surface area contributed by atoms with Gasteiger partial charge in [-0.3, -0.25) is 9.59 Å². The van der Waals surface area contributed by atoms with Crippen LogP contribution in [0.3, 0.4) is 0 Å². The fraction of sp³-hybridized carbons (Fsp3) is 0.778. The Hall–Kier alpha value is -2.02. The highest BCUT2D eigenvalue weighted by molar-refractivity contribution is 6.03. The molecule has 0 saturated heterocycles. The number of carbonyl (C=O) groups excluding carboxylic acids is 3. The number of rotatable bonds is 5. The van der Waals surface area contributed by atoms with Gasteiger partial charge >= 0.3 is 0 Å². The number of allylic oxidation sites excluding steroid dienone is 4. The molecule has 0 heterocycles. The van der Waals surface area contributed by atoms with Gasteiger partial charge in [0.15, 0.2) is 11.6 Å². The number of Topliss-reactive ketones (excluding diaryl/α,β-unsaturated/α-hetero) is 2. The molecule has 0 radical (unpaired) electrons. The van der Waals surface area contributed by atoms with Crippen LogP contribution in [0.2, 0.25) is 0 Å². The second kappa shape index (κ2) is 9.24. The molecule has 5 aliphatic rings. The van der Waals surface area contributed by atoms with Crippen molar-refractivity contribution in [2.75, 3.05) is 0 Å². The highest BCUT2D eigenvalue weighted by Gasteiger charge is 2.69. The Morgan fingerprint density at radius 1 is 0.975 bits per heavy atom. The fourth-order valence-electron chi connectivity index (χ4n) is 10.9. The average molecular weight is 546 g/mol. The molecule has 5 rings (SSSR count). The van der Waals surface area contributed by atoms with Gasteiger partial charge in [0.05, 0.1) is 6.57 Å². The van der Waals surface area contributed by atoms with E-state index in [1.54, 1.807) is 0 Å². The van der Waals surface area contributed by atoms with E-state index in [1.807, 2.05) is 26.0 Å². The third kappa shape index (κ3) is 3.92. The molecule has 5 aliphatic carbocycles. The van der Waals surface area contributed by atoms with E-state index in [0.717, 1.165) is 57.8 Å². The van der Waals surface area contributed by atoms with E-state index in [-0.39, 0.29) is 56.7 Å². The van der Waals surface area contributed by atoms with Crippen LogP contribution in [0.15, 0.2) is 23.4 Å². The maximum absolute atomic E-state index is 14.6. The lowest BCUT2D eigenvalue weighted by molar-refractivity contribution is -0.172. The number of fused-ring (bicyclic) bond motifs is 7. The summed E-state index contributed by atoms with van der Waals surface area (Å²) in [4.78, 5) is 44.3. The fourth-order valence-corrected chi connectivity index (χ4v) is 10.9. The molecule has 0 aliphatic heterocycles. The Kier molecular flexibility index (Phi) is 6.81. The topological polar surface area (TPSA) is 55.6 Å². The first-order valence-corrected chi connectivity index (χ1v) is 15.9. The van der Waals surface area contributed by atoms with Crippen LogP contribution in [0.25, 0.3) is 4.85 Å². The Labute approximate surface area is 242 Å². The van der Waals surface area contributed by atoms with E-state index in [0.29, 0.717) is 18.6 Å². The third-order valence-corrected chi connectivity index (χ3v) is 13.5. The van der Waals surface area contributed by atoms with Crippen molar-refractivity contribution in [3.8, 4) is 0 Å². The van der Waals surface area contributed by atoms with Crippen molar-refractivity contribution in [1.29, 1.82) is 0 Å². The molecule has 0 aromatic heterocycles. The highest BCUT2D eigenvalue weighted by Crippen LogP contribution is 2.75. The van der Waals surface area contributed by atoms with Crippen molar-refractivity contribution >= 4 is 17.3 Å². The molecular weight excluding hydrogens is 494 g/mol. The van der Waals surface area contributed by atoms with Crippen LogP contribution < -0.4 is 0 Å². The zero-order valence-electron chi connectivity index (χ0n) is 26.3. The summed E-state index contributed by atoms with van der Waals surface area (Å²) in [6, 6.07) is 0. The van der Waals surface area contributed by atoms with Crippen molar-refractivity contribution in [2.45, 2.75) is 126 Å². The molecule has 0 N–H and O–H groups in total. The standard InChI is InChI=1S/C36H51NO3/c1-10-11-23(38)12-15-36-18-16-31(2,3)21-24(36)29-26(39)20-28-33(6)22-25(37-9)30(40)32(4,5)27(33)13-14-34(28,7)35(29,8)17-19-36/h20,22,24,27,29H,10-19,21H2,1-8H3/t24-,27-,29-,33-,34+,35+,36+/m0/s1. The Morgan fingerprint density at radius 2 is 1.65 bits per heavy atom. The molecule has 3 saturated carbocycles. The predicted octanol–water partition coefficient (Wildman–Crippen LogP) is 8.71. The number of hydrogen-bond acceptors (Lipinski definition) is 3. The van der Waals surface area contributed by atoms with Gasteiger partial charge < -0.3 is 4.79 Å². The lowest BCUT2D eigenvalue weighted by Crippen LogP contribution is -2.64. The van der Waals surface area contributed by atoms with E-state index in [4.69, 9.17) is 6.57 Å². The minimum Gasteiger partial charge on any atom is -0.307 e. The first-order valence-electron chi connectivity index (χ1n) is 15.9. The molecule has 40 heavy (non-hydrogen) atoms. The van der Waals surface area contributed by atoms with Crippen LogP contribution in [0, 0.1) is 56.8 Å². The maximum Gasteiger partial charge on any atom is 0.226 e. The molecule has 7 atom stereocenters. The quantitative estimate of drug-likeness (QED) is 0.325. The van der Waals surface area contributed by atoms with Crippen LogP contribution in [0.5, 0.6) is 0 Å². The number of ketones is 3. The number of carbonyl (C=O) groups is 3. The molecule has 218 valence electrons. The summed E-state index contributed by atoms with van der Waals surface area (Å²) < 4.78 is 0. The van der Waals surface area contributed by atoms with Crippen LogP contribution in [-0.4, -0.2) is 17.3 Å². The zero-order chi connectivity index (χ0) is 29.5. The van der Waals surface area contributed by atoms with Gasteiger partial charge in [0, 0.05) is 29.6 Å². The third-order valence-electron chi connectivity index (χ3n) is 13.5. The molecule has 3 fully saturated rings. The monoisotopic (exact) mass is 545 g/mol. The first-order chi connectivity index (χ1) is 18.5. The van der Waals surface area contributed by atoms with Crippen molar-refractivity contribution in [1.82, 2.24) is 0 Å². The Balaban J connectivity index is 1.62. The van der Waals surface area contributed by atoms with E-state index >= 15 is 0 Å². The Bertz CT molecular complexity index is 1240. The van der Waals surface area contributed by atoms with Crippen LogP contribution in [0.1, 0.15) is 126 Å². The summed E-state index contributed by atoms with van der Waals surface area (Å²) >= 11 is 0. The SMILES string of the molecule is [C-]#[N+]C1=C[C@]2(C)C3=CC(=O)[C@@H]4[C@@H]5CC(C)(C)CC[C@]5(CCC(=O)CCC)CC[C@@]4(C)[C@]3(C)CC[C@H]2C(C)(C)C1=O. The largest absolute Gasteiger partial charge is 0.307 e. The molecule has 0 bridgehead atoms. The van der Waals surface area contributed by atoms with Gasteiger partial charge in [0.25, 0.3) is 0 Å². The lowest BCUT2D eigenvalue weighted by atomic mass is 9.34. The van der Waals surface area contributed by atoms with E-state index in [2.05, 4.69) is 46.4 Å². The highest BCUT2D eigenvalue weighted by atomic mass is 16.1. The second-order valence-electron chi connectivity index (χ2n) is 16.4. The molecule has 0 unspecified atom stereocenters. The number of nitrogens with zero attached hydrogens (tertiary/aromatic N) is 1. The van der Waals surface area contributed by atoms with Crippen LogP contribution in [-0.2, 0) is 14.4 Å². The minimum absolute atomic E-state index is 0.0430. The summed E-state index contributed by atoms with van der Waals surface area (Å²) in [6.45, 7) is 25.6. The van der Waals surface area contributed by atoms with Gasteiger partial charge in [-0.05, 0) is 97.4 Å². The van der Waals surface area contributed by atoms with Crippen LogP contribution >= 0.6 is 0 Å². The summed E-state index contributed by atoms with van der Waals surface area (Å²) in [6.07, 6.45) is 14.4. The Morgan fingerprint density at radius 3 is 2.30 bits per heavy atom. The van der Waals surface area contributed by atoms with Gasteiger partial charge in [-0.25, -0.2) is 4.85 Å². The zero-order valence-corrected chi connectivity index (χ0v) is 26.3. The summed E-state index contributed by atoms with van der Waals surface area (Å²) in [5.74, 6) is 0.905. The average Bonchev–Trinajstić information content (AvgIpc) is 2.87. The van der Waals surface area contributed by atoms with Crippen molar-refractivity contribution in [3.05, 3.63) is 34.8 Å². The molecule has 0 aromatic rings. The maximum atomic E-state index is 14.6. The summed E-state index contributed by atoms with van der Waals surface area (Å²) in [7, 11) is 0. The minimum atomic E-state index is -0.632. The normalized spacial score (nSPS) is 43.2. The molecule has 0 aromatic carbocycles. The van der Waals surface area contributed by atoms with Gasteiger partial charge in [0.1, 0.15) is 5.78 Å². The van der Waals surface area contributed by atoms with Gasteiger partial charge in [-0.1, -0.05) is 67.0 Å². The molecule has 4 heteroatoms. The first kappa shape index (κ1) is 29.5. The van der Waals surface area contributed by atoms with E-state index < -0.39 is 10.8 Å². The molecule has 0 spiro atoms. The molecule has 4 nitrogen and oxygen atoms in total. The lowest BCUT2D eigenvalue weighted by Gasteiger charge is -2.69. The molecular formula is C36H51NO3. The second-order valence-corrected chi connectivity index (χ2v) is 16.4. The summed E-state index contributed by atoms with van der Waals surface area (Å²) in [5.41, 5.74) is 0.183. The number of hydrogen-bond donors (Lipinski definition) is 0. The summed E-state index contributed by atoms with van der Waals surface area (Å²) in [5, 5.41) is 0. The van der Waals surface area contributed by atoms with Crippen molar-refractivity contribution < 1.29 is 14.4 Å². The van der Waals surface area contributed by atoms with Gasteiger partial charge in [-0.2, -0.15) is 0 Å². The smallest absolute Gasteiger partial charge is 0.226 e. The van der Waals surface area contributed by atoms with Crippen molar-refractivity contribution in [2.24, 2.45) is 50.2 Å². The van der Waals surface area contributed by atoms with Crippen LogP contribution in [0.4, 0.5) is 0 Å².